The Bertz CT molecular complexity index is 2890. The Morgan fingerprint density at radius 3 is 1.51 bits per heavy atom. The zero-order chi connectivity index (χ0) is 44.0. The summed E-state index contributed by atoms with van der Waals surface area (Å²) in [6.45, 7) is 0.743. The molecule has 20 heteroatoms. The van der Waals surface area contributed by atoms with Gasteiger partial charge >= 0.3 is 11.9 Å². The molecule has 2 atom stereocenters. The third-order valence-corrected chi connectivity index (χ3v) is 15.6. The average Bonchev–Trinajstić information content (AvgIpc) is 3.70. The van der Waals surface area contributed by atoms with Crippen molar-refractivity contribution in [2.24, 2.45) is 0 Å². The van der Waals surface area contributed by atoms with Crippen molar-refractivity contribution in [3.8, 4) is 0 Å². The maximum atomic E-state index is 13.2. The van der Waals surface area contributed by atoms with Gasteiger partial charge in [-0.05, 0) is 97.5 Å². The van der Waals surface area contributed by atoms with Crippen molar-refractivity contribution in [3.05, 3.63) is 118 Å². The van der Waals surface area contributed by atoms with Gasteiger partial charge in [0, 0.05) is 73.8 Å². The number of carboxylic acid groups (broad SMARTS) is 1. The predicted octanol–water partition coefficient (Wildman–Crippen LogP) is 6.27. The fraction of sp³-hybridized carbons (Fsp3) is 0.317. The summed E-state index contributed by atoms with van der Waals surface area (Å²) >= 11 is 12.2. The van der Waals surface area contributed by atoms with Gasteiger partial charge in [0.1, 0.15) is 21.9 Å². The lowest BCUT2D eigenvalue weighted by molar-refractivity contribution is -0.140. The number of sulfonamides is 2. The highest BCUT2D eigenvalue weighted by Crippen LogP contribution is 2.36. The number of pyridine rings is 2. The lowest BCUT2D eigenvalue weighted by Gasteiger charge is -2.32. The largest absolute Gasteiger partial charge is 0.481 e. The number of halogens is 4. The summed E-state index contributed by atoms with van der Waals surface area (Å²) in [4.78, 5) is 31.6. The van der Waals surface area contributed by atoms with Gasteiger partial charge < -0.3 is 19.0 Å². The van der Waals surface area contributed by atoms with Crippen LogP contribution in [0.1, 0.15) is 35.4 Å². The van der Waals surface area contributed by atoms with Crippen LogP contribution in [0.15, 0.2) is 82.8 Å². The number of ether oxygens (including phenoxy) is 1. The van der Waals surface area contributed by atoms with Crippen molar-refractivity contribution < 1.29 is 45.0 Å². The second-order valence-corrected chi connectivity index (χ2v) is 19.5. The van der Waals surface area contributed by atoms with Crippen LogP contribution in [0.2, 0.25) is 10.3 Å². The number of aliphatic carboxylic acids is 1. The van der Waals surface area contributed by atoms with Gasteiger partial charge in [-0.1, -0.05) is 23.2 Å². The first-order chi connectivity index (χ1) is 28.9. The first-order valence-corrected chi connectivity index (χ1v) is 22.6. The predicted molar refractivity (Wildman–Crippen MR) is 223 cm³/mol. The number of hydrogen-bond donors (Lipinski definition) is 1. The first kappa shape index (κ1) is 44.1. The van der Waals surface area contributed by atoms with Crippen LogP contribution < -0.4 is 0 Å². The number of esters is 1. The molecule has 0 saturated heterocycles. The summed E-state index contributed by atoms with van der Waals surface area (Å²) in [6.07, 6.45) is 5.35. The Morgan fingerprint density at radius 2 is 1.13 bits per heavy atom. The topological polar surface area (TPSA) is 174 Å². The van der Waals surface area contributed by atoms with Crippen molar-refractivity contribution in [3.63, 3.8) is 0 Å². The van der Waals surface area contributed by atoms with Crippen molar-refractivity contribution in [2.45, 2.75) is 73.5 Å². The van der Waals surface area contributed by atoms with Crippen LogP contribution in [0.5, 0.6) is 0 Å². The van der Waals surface area contributed by atoms with Crippen LogP contribution >= 0.6 is 23.2 Å². The van der Waals surface area contributed by atoms with E-state index in [0.29, 0.717) is 54.9 Å². The molecule has 0 radical (unpaired) electrons. The minimum Gasteiger partial charge on any atom is -0.481 e. The second kappa shape index (κ2) is 17.4. The number of methoxy groups -OCH3 is 1. The standard InChI is InChI=1S/C21H21ClFN3O4S.C20H19ClFN3O4S/c1-25(31(28,29)15-6-3-13(23)4-7-15)14-5-8-18-16(9-21(27)30-2)17-11-24-20(22)10-19(17)26(18)12-14;1-24(30(28,29)14-5-2-12(22)3-6-14)13-4-7-17-15(8-20(26)27)16-10-23-19(21)9-18(16)25(17)11-13/h3-4,6-7,10-11,14H,5,8-9,12H2,1-2H3;2-3,5-6,9-10,13H,4,7-8,11H2,1H3,(H,26,27). The molecular formula is C41H40Cl2F2N6O8S2. The number of carboxylic acids is 1. The van der Waals surface area contributed by atoms with Gasteiger partial charge in [0.15, 0.2) is 0 Å². The summed E-state index contributed by atoms with van der Waals surface area (Å²) in [7, 11) is -3.23. The zero-order valence-electron chi connectivity index (χ0n) is 33.1. The third-order valence-electron chi connectivity index (χ3n) is 11.4. The van der Waals surface area contributed by atoms with E-state index in [9.17, 15) is 40.3 Å². The summed E-state index contributed by atoms with van der Waals surface area (Å²) < 4.78 is 90.0. The fourth-order valence-electron chi connectivity index (χ4n) is 8.17. The fourth-order valence-corrected chi connectivity index (χ4v) is 11.2. The zero-order valence-corrected chi connectivity index (χ0v) is 36.2. The molecule has 2 aliphatic heterocycles. The molecule has 0 aliphatic carbocycles. The number of likely N-dealkylation sites (N-methyl/N-ethyl adjacent to an activating group) is 2. The minimum atomic E-state index is -3.81. The normalized spacial score (nSPS) is 16.6. The van der Waals surface area contributed by atoms with Crippen LogP contribution in [-0.4, -0.2) is 94.9 Å². The minimum absolute atomic E-state index is 0.0216. The first-order valence-electron chi connectivity index (χ1n) is 19.0. The molecule has 0 bridgehead atoms. The number of hydrogen-bond acceptors (Lipinski definition) is 9. The molecule has 0 fully saturated rings. The monoisotopic (exact) mass is 916 g/mol. The Kier molecular flexibility index (Phi) is 12.6. The van der Waals surface area contributed by atoms with Crippen LogP contribution in [0.25, 0.3) is 21.8 Å². The van der Waals surface area contributed by atoms with E-state index in [2.05, 4.69) is 9.97 Å². The molecule has 322 valence electrons. The van der Waals surface area contributed by atoms with E-state index in [-0.39, 0.29) is 45.8 Å². The van der Waals surface area contributed by atoms with Crippen molar-refractivity contribution in [2.75, 3.05) is 21.2 Å². The van der Waals surface area contributed by atoms with Crippen LogP contribution in [0, 0.1) is 11.6 Å². The second-order valence-electron chi connectivity index (χ2n) is 14.8. The van der Waals surface area contributed by atoms with Crippen molar-refractivity contribution >= 4 is 77.0 Å². The van der Waals surface area contributed by atoms with Gasteiger partial charge in [0.25, 0.3) is 0 Å². The van der Waals surface area contributed by atoms with E-state index in [0.717, 1.165) is 57.6 Å². The number of aromatic nitrogens is 4. The summed E-state index contributed by atoms with van der Waals surface area (Å²) in [6, 6.07) is 12.2. The number of nitrogens with zero attached hydrogens (tertiary/aromatic N) is 6. The molecule has 4 aromatic heterocycles. The molecule has 2 unspecified atom stereocenters. The highest BCUT2D eigenvalue weighted by atomic mass is 35.5. The maximum absolute atomic E-state index is 13.2. The molecule has 8 rings (SSSR count). The van der Waals surface area contributed by atoms with E-state index >= 15 is 0 Å². The Morgan fingerprint density at radius 1 is 0.738 bits per heavy atom. The molecule has 2 aliphatic rings. The molecule has 0 saturated carbocycles. The molecule has 0 spiro atoms. The molecule has 61 heavy (non-hydrogen) atoms. The summed E-state index contributed by atoms with van der Waals surface area (Å²) in [5.74, 6) is -2.30. The van der Waals surface area contributed by atoms with Gasteiger partial charge in [-0.2, -0.15) is 8.61 Å². The smallest absolute Gasteiger partial charge is 0.310 e. The lowest BCUT2D eigenvalue weighted by Crippen LogP contribution is -2.42. The van der Waals surface area contributed by atoms with E-state index in [1.54, 1.807) is 24.5 Å². The SMILES string of the molecule is CN(C1CCc2c(CC(=O)O)c3cnc(Cl)cc3n2C1)S(=O)(=O)c1ccc(F)cc1.COC(=O)Cc1c2n(c3cc(Cl)ncc13)CC(N(C)S(=O)(=O)c1ccc(F)cc1)CC2. The highest BCUT2D eigenvalue weighted by molar-refractivity contribution is 7.89. The Balaban J connectivity index is 0.000000184. The molecule has 14 nitrogen and oxygen atoms in total. The molecule has 2 aromatic carbocycles. The lowest BCUT2D eigenvalue weighted by atomic mass is 10.0. The Labute approximate surface area is 360 Å². The summed E-state index contributed by atoms with van der Waals surface area (Å²) in [5, 5.41) is 11.4. The van der Waals surface area contributed by atoms with Gasteiger partial charge in [0.05, 0.1) is 40.8 Å². The summed E-state index contributed by atoms with van der Waals surface area (Å²) in [5.41, 5.74) is 4.86. The number of fused-ring (bicyclic) bond motifs is 6. The van der Waals surface area contributed by atoms with Crippen LogP contribution in [0.3, 0.4) is 0 Å². The quantitative estimate of drug-likeness (QED) is 0.122. The number of rotatable bonds is 10. The molecule has 6 heterocycles. The number of carbonyl (C=O) groups is 2. The van der Waals surface area contributed by atoms with E-state index in [1.807, 2.05) is 9.13 Å². The van der Waals surface area contributed by atoms with Crippen LogP contribution in [-0.2, 0) is 73.1 Å². The van der Waals surface area contributed by atoms with Crippen molar-refractivity contribution in [1.82, 2.24) is 27.7 Å². The average molecular weight is 918 g/mol. The van der Waals surface area contributed by atoms with E-state index in [4.69, 9.17) is 27.9 Å². The molecular weight excluding hydrogens is 878 g/mol. The van der Waals surface area contributed by atoms with E-state index in [1.165, 1.54) is 54.1 Å². The van der Waals surface area contributed by atoms with Crippen LogP contribution in [0.4, 0.5) is 8.78 Å². The third kappa shape index (κ3) is 8.74. The number of carbonyl (C=O) groups excluding carboxylic acids is 1. The molecule has 1 N–H and O–H groups in total. The van der Waals surface area contributed by atoms with Crippen molar-refractivity contribution in [1.29, 1.82) is 0 Å². The number of benzene rings is 2. The highest BCUT2D eigenvalue weighted by Gasteiger charge is 2.35. The van der Waals surface area contributed by atoms with E-state index < -0.39 is 37.7 Å². The maximum Gasteiger partial charge on any atom is 0.310 e. The van der Waals surface area contributed by atoms with Gasteiger partial charge in [-0.15, -0.1) is 0 Å². The molecule has 0 amide bonds. The van der Waals surface area contributed by atoms with Gasteiger partial charge in [-0.25, -0.2) is 35.6 Å². The molecule has 6 aromatic rings. The van der Waals surface area contributed by atoms with Gasteiger partial charge in [0.2, 0.25) is 20.0 Å². The van der Waals surface area contributed by atoms with Gasteiger partial charge in [-0.3, -0.25) is 9.59 Å². The Hall–Kier alpha value is -4.98.